The molecule has 2 aromatic heterocycles. The Morgan fingerprint density at radius 1 is 1.65 bits per heavy atom. The van der Waals surface area contributed by atoms with Crippen molar-refractivity contribution in [3.05, 3.63) is 27.1 Å². The largest absolute Gasteiger partial charge is 0.367 e. The summed E-state index contributed by atoms with van der Waals surface area (Å²) < 4.78 is 1.10. The van der Waals surface area contributed by atoms with Gasteiger partial charge in [-0.2, -0.15) is 5.10 Å². The normalized spacial score (nSPS) is 10.8. The van der Waals surface area contributed by atoms with E-state index in [2.05, 4.69) is 26.1 Å². The number of nitro groups is 1. The highest BCUT2D eigenvalue weighted by molar-refractivity contribution is 7.16. The fourth-order valence-electron chi connectivity index (χ4n) is 1.17. The Balaban J connectivity index is 1.87. The molecule has 0 aliphatic rings. The lowest BCUT2D eigenvalue weighted by molar-refractivity contribution is -0.380. The number of amides is 1. The summed E-state index contributed by atoms with van der Waals surface area (Å²) in [5.74, 6) is -0.468. The first-order valence-electron chi connectivity index (χ1n) is 5.14. The van der Waals surface area contributed by atoms with Gasteiger partial charge in [0.25, 0.3) is 5.91 Å². The predicted molar refractivity (Wildman–Crippen MR) is 68.9 cm³/mol. The SMILES string of the molecule is Nc1nnnn1CC(=O)NN=Cc1ccc([N+](=O)[O-])s1. The van der Waals surface area contributed by atoms with Crippen molar-refractivity contribution in [1.82, 2.24) is 25.6 Å². The lowest BCUT2D eigenvalue weighted by Crippen LogP contribution is -2.24. The van der Waals surface area contributed by atoms with Crippen LogP contribution >= 0.6 is 11.3 Å². The molecule has 3 N–H and O–H groups in total. The summed E-state index contributed by atoms with van der Waals surface area (Å²) in [5, 5.41) is 24.3. The topological polar surface area (TPSA) is 154 Å². The maximum Gasteiger partial charge on any atom is 0.324 e. The summed E-state index contributed by atoms with van der Waals surface area (Å²) >= 11 is 0.943. The van der Waals surface area contributed by atoms with Gasteiger partial charge in [0.2, 0.25) is 5.95 Å². The molecule has 0 aromatic carbocycles. The molecule has 0 saturated carbocycles. The molecule has 0 bridgehead atoms. The summed E-state index contributed by atoms with van der Waals surface area (Å²) in [6.45, 7) is -0.180. The van der Waals surface area contributed by atoms with Crippen LogP contribution in [0.25, 0.3) is 0 Å². The molecule has 0 aliphatic carbocycles. The van der Waals surface area contributed by atoms with Crippen LogP contribution in [0.15, 0.2) is 17.2 Å². The maximum atomic E-state index is 11.5. The van der Waals surface area contributed by atoms with Crippen LogP contribution in [0.2, 0.25) is 0 Å². The Hall–Kier alpha value is -2.89. The third-order valence-electron chi connectivity index (χ3n) is 2.03. The van der Waals surface area contributed by atoms with Crippen molar-refractivity contribution in [3.8, 4) is 0 Å². The molecule has 20 heavy (non-hydrogen) atoms. The second kappa shape index (κ2) is 5.83. The molecule has 11 nitrogen and oxygen atoms in total. The molecule has 0 spiro atoms. The fourth-order valence-corrected chi connectivity index (χ4v) is 1.87. The summed E-state index contributed by atoms with van der Waals surface area (Å²) in [6, 6.07) is 2.88. The first-order chi connectivity index (χ1) is 9.56. The van der Waals surface area contributed by atoms with Crippen molar-refractivity contribution < 1.29 is 9.72 Å². The van der Waals surface area contributed by atoms with E-state index in [1.165, 1.54) is 18.3 Å². The van der Waals surface area contributed by atoms with E-state index >= 15 is 0 Å². The quantitative estimate of drug-likeness (QED) is 0.423. The summed E-state index contributed by atoms with van der Waals surface area (Å²) in [7, 11) is 0. The molecular formula is C8H8N8O3S. The number of hydrogen-bond acceptors (Lipinski definition) is 9. The Morgan fingerprint density at radius 3 is 3.05 bits per heavy atom. The van der Waals surface area contributed by atoms with Gasteiger partial charge in [-0.3, -0.25) is 14.9 Å². The monoisotopic (exact) mass is 296 g/mol. The number of carbonyl (C=O) groups excluding carboxylic acids is 1. The Morgan fingerprint density at radius 2 is 2.45 bits per heavy atom. The van der Waals surface area contributed by atoms with Crippen molar-refractivity contribution in [3.63, 3.8) is 0 Å². The van der Waals surface area contributed by atoms with Crippen LogP contribution in [0, 0.1) is 10.1 Å². The standard InChI is InChI=1S/C8H8N8O3S/c9-8-12-13-14-15(8)4-6(17)11-10-3-5-1-2-7(20-5)16(18)19/h1-3H,4H2,(H,11,17)(H2,9,12,14). The fraction of sp³-hybridized carbons (Fsp3) is 0.125. The minimum absolute atomic E-state index is 0.000704. The number of carbonyl (C=O) groups is 1. The number of hydrazone groups is 1. The summed E-state index contributed by atoms with van der Waals surface area (Å²) in [4.78, 5) is 22.0. The average Bonchev–Trinajstić information content (AvgIpc) is 3.00. The van der Waals surface area contributed by atoms with Gasteiger partial charge in [0.05, 0.1) is 16.0 Å². The maximum absolute atomic E-state index is 11.5. The zero-order valence-electron chi connectivity index (χ0n) is 9.83. The Labute approximate surface area is 115 Å². The van der Waals surface area contributed by atoms with Gasteiger partial charge in [-0.1, -0.05) is 16.4 Å². The third-order valence-corrected chi connectivity index (χ3v) is 3.00. The van der Waals surface area contributed by atoms with E-state index in [-0.39, 0.29) is 17.5 Å². The van der Waals surface area contributed by atoms with Crippen LogP contribution < -0.4 is 11.2 Å². The van der Waals surface area contributed by atoms with Gasteiger partial charge < -0.3 is 5.73 Å². The van der Waals surface area contributed by atoms with Gasteiger partial charge in [0.1, 0.15) is 6.54 Å². The number of nitrogens with zero attached hydrogens (tertiary/aromatic N) is 6. The molecule has 0 radical (unpaired) electrons. The molecule has 104 valence electrons. The number of nitrogens with two attached hydrogens (primary N) is 1. The highest BCUT2D eigenvalue weighted by Crippen LogP contribution is 2.22. The van der Waals surface area contributed by atoms with Crippen LogP contribution in [-0.2, 0) is 11.3 Å². The zero-order valence-corrected chi connectivity index (χ0v) is 10.6. The first-order valence-corrected chi connectivity index (χ1v) is 5.95. The minimum Gasteiger partial charge on any atom is -0.367 e. The van der Waals surface area contributed by atoms with Crippen molar-refractivity contribution in [2.75, 3.05) is 5.73 Å². The second-order valence-corrected chi connectivity index (χ2v) is 4.51. The molecular weight excluding hydrogens is 288 g/mol. The molecule has 0 saturated heterocycles. The van der Waals surface area contributed by atoms with E-state index < -0.39 is 10.8 Å². The lowest BCUT2D eigenvalue weighted by atomic mass is 10.5. The molecule has 0 aliphatic heterocycles. The van der Waals surface area contributed by atoms with E-state index in [4.69, 9.17) is 5.73 Å². The van der Waals surface area contributed by atoms with Crippen LogP contribution in [0.5, 0.6) is 0 Å². The van der Waals surface area contributed by atoms with Crippen LogP contribution in [-0.4, -0.2) is 37.3 Å². The smallest absolute Gasteiger partial charge is 0.324 e. The zero-order chi connectivity index (χ0) is 14.5. The molecule has 2 aromatic rings. The van der Waals surface area contributed by atoms with Crippen molar-refractivity contribution in [2.45, 2.75) is 6.54 Å². The molecule has 2 rings (SSSR count). The van der Waals surface area contributed by atoms with Crippen molar-refractivity contribution in [2.24, 2.45) is 5.10 Å². The molecule has 2 heterocycles. The highest BCUT2D eigenvalue weighted by atomic mass is 32.1. The van der Waals surface area contributed by atoms with Crippen LogP contribution in [0.1, 0.15) is 4.88 Å². The average molecular weight is 296 g/mol. The van der Waals surface area contributed by atoms with Gasteiger partial charge >= 0.3 is 5.00 Å². The van der Waals surface area contributed by atoms with E-state index in [0.29, 0.717) is 4.88 Å². The number of aromatic nitrogens is 4. The second-order valence-electron chi connectivity index (χ2n) is 3.42. The number of nitrogens with one attached hydrogen (secondary N) is 1. The molecule has 1 amide bonds. The molecule has 0 fully saturated rings. The molecule has 12 heteroatoms. The minimum atomic E-state index is -0.499. The third kappa shape index (κ3) is 3.32. The van der Waals surface area contributed by atoms with Gasteiger partial charge in [-0.25, -0.2) is 10.1 Å². The molecule has 0 atom stereocenters. The molecule has 0 unspecified atom stereocenters. The first kappa shape index (κ1) is 13.5. The van der Waals surface area contributed by atoms with E-state index in [1.54, 1.807) is 0 Å². The number of rotatable bonds is 5. The van der Waals surface area contributed by atoms with Crippen LogP contribution in [0.4, 0.5) is 10.9 Å². The lowest BCUT2D eigenvalue weighted by Gasteiger charge is -1.99. The predicted octanol–water partition coefficient (Wildman–Crippen LogP) is -0.625. The van der Waals surface area contributed by atoms with Gasteiger partial charge in [0, 0.05) is 6.07 Å². The number of hydrogen-bond donors (Lipinski definition) is 2. The van der Waals surface area contributed by atoms with E-state index in [1.807, 2.05) is 0 Å². The Kier molecular flexibility index (Phi) is 3.95. The number of anilines is 1. The van der Waals surface area contributed by atoms with E-state index in [9.17, 15) is 14.9 Å². The summed E-state index contributed by atoms with van der Waals surface area (Å²) in [6.07, 6.45) is 1.30. The van der Waals surface area contributed by atoms with E-state index in [0.717, 1.165) is 16.0 Å². The van der Waals surface area contributed by atoms with Crippen molar-refractivity contribution >= 4 is 34.4 Å². The summed E-state index contributed by atoms with van der Waals surface area (Å²) in [5.41, 5.74) is 7.62. The van der Waals surface area contributed by atoms with Crippen molar-refractivity contribution in [1.29, 1.82) is 0 Å². The van der Waals surface area contributed by atoms with Gasteiger partial charge in [-0.15, -0.1) is 0 Å². The van der Waals surface area contributed by atoms with Crippen LogP contribution in [0.3, 0.4) is 0 Å². The number of thiophene rings is 1. The highest BCUT2D eigenvalue weighted by Gasteiger charge is 2.09. The number of tetrazole rings is 1. The van der Waals surface area contributed by atoms with Gasteiger partial charge in [-0.05, 0) is 16.5 Å². The van der Waals surface area contributed by atoms with Gasteiger partial charge in [0.15, 0.2) is 0 Å². The Bertz CT molecular complexity index is 662. The number of nitrogen functional groups attached to an aromatic ring is 1.